The molecule has 6 N–H and O–H groups in total. The van der Waals surface area contributed by atoms with Crippen LogP contribution in [0.15, 0.2) is 96.0 Å². The molecule has 0 aromatic heterocycles. The third kappa shape index (κ3) is 16.2. The molecule has 2 aliphatic rings. The molecule has 0 unspecified atom stereocenters. The van der Waals surface area contributed by atoms with Gasteiger partial charge in [0.2, 0.25) is 23.7 Å². The largest absolute Gasteiger partial charge is 0.467 e. The van der Waals surface area contributed by atoms with Gasteiger partial charge in [-0.1, -0.05) is 91.0 Å². The molecule has 0 aliphatic carbocycles. The molecule has 19 nitrogen and oxygen atoms in total. The van der Waals surface area contributed by atoms with Crippen LogP contribution >= 0.6 is 0 Å². The molecule has 5 rings (SSSR count). The van der Waals surface area contributed by atoms with E-state index in [0.29, 0.717) is 45.1 Å². The maximum absolute atomic E-state index is 14.0. The van der Waals surface area contributed by atoms with Crippen LogP contribution in [0.4, 0.5) is 14.4 Å². The molecule has 0 radical (unpaired) electrons. The highest BCUT2D eigenvalue weighted by Crippen LogP contribution is 2.23. The van der Waals surface area contributed by atoms with Crippen LogP contribution in [-0.4, -0.2) is 115 Å². The van der Waals surface area contributed by atoms with Crippen LogP contribution in [0, 0.1) is 0 Å². The second-order valence-electron chi connectivity index (χ2n) is 15.8. The van der Waals surface area contributed by atoms with Gasteiger partial charge in [-0.3, -0.25) is 30.0 Å². The number of aliphatic imine (C=N–C) groups is 1. The highest BCUT2D eigenvalue weighted by Gasteiger charge is 2.41. The number of likely N-dealkylation sites (tertiary alicyclic amines) is 2. The average molecular weight is 913 g/mol. The molecule has 3 aromatic rings. The smallest absolute Gasteiger partial charge is 0.414 e. The molecule has 19 heteroatoms. The zero-order chi connectivity index (χ0) is 47.1. The molecular formula is C47H60N8O11. The number of guanidine groups is 1. The Labute approximate surface area is 384 Å². The van der Waals surface area contributed by atoms with Crippen molar-refractivity contribution in [2.75, 3.05) is 33.3 Å². The number of ether oxygens (including phenoxy) is 4. The Kier molecular flexibility index (Phi) is 20.2. The molecular weight excluding hydrogens is 853 g/mol. The van der Waals surface area contributed by atoms with Crippen LogP contribution in [0.2, 0.25) is 0 Å². The highest BCUT2D eigenvalue weighted by atomic mass is 16.6. The quantitative estimate of drug-likeness (QED) is 0.0354. The van der Waals surface area contributed by atoms with Gasteiger partial charge < -0.3 is 45.1 Å². The number of carbonyl (C=O) groups excluding carboxylic acids is 7. The Bertz CT molecular complexity index is 2030. The number of nitrogens with zero attached hydrogens (tertiary/aromatic N) is 3. The maximum Gasteiger partial charge on any atom is 0.414 e. The lowest BCUT2D eigenvalue weighted by Crippen LogP contribution is -2.56. The standard InChI is InChI=1S/C47H60N8O11/c1-63-43(59)39-25-15-29-55(39)42(58)37(23-11-12-26-50-45(60)64-30-33-16-5-2-6-17-33)51-40(56)38-24-14-28-54(38)41(57)36(48)22-13-27-49-44(52-46(61)65-31-34-18-7-3-8-19-34)53-47(62)66-32-35-20-9-4-10-21-35/h2-10,16-21,36-39H,11-15,22-32,48H2,1H3,(H,50,60)(H,51,56)(H2,49,52,53,61,62)/t36-,37-,38-,39-/m0/s1. The van der Waals surface area contributed by atoms with Gasteiger partial charge in [-0.25, -0.2) is 19.2 Å². The van der Waals surface area contributed by atoms with Crippen LogP contribution < -0.4 is 27.0 Å². The predicted octanol–water partition coefficient (Wildman–Crippen LogP) is 4.04. The number of hydrogen-bond donors (Lipinski definition) is 5. The van der Waals surface area contributed by atoms with Crippen molar-refractivity contribution >= 4 is 47.9 Å². The molecule has 2 heterocycles. The minimum atomic E-state index is -1.01. The van der Waals surface area contributed by atoms with Crippen LogP contribution in [0.25, 0.3) is 0 Å². The third-order valence-corrected chi connectivity index (χ3v) is 11.0. The first-order valence-electron chi connectivity index (χ1n) is 22.2. The molecule has 66 heavy (non-hydrogen) atoms. The molecule has 0 spiro atoms. The normalized spacial score (nSPS) is 16.2. The van der Waals surface area contributed by atoms with E-state index in [1.54, 1.807) is 48.5 Å². The zero-order valence-electron chi connectivity index (χ0n) is 37.2. The molecule has 4 atom stereocenters. The van der Waals surface area contributed by atoms with Crippen molar-refractivity contribution in [1.82, 2.24) is 31.1 Å². The van der Waals surface area contributed by atoms with Gasteiger partial charge in [0.15, 0.2) is 0 Å². The average Bonchev–Trinajstić information content (AvgIpc) is 4.05. The van der Waals surface area contributed by atoms with Gasteiger partial charge in [0, 0.05) is 26.2 Å². The SMILES string of the molecule is COC(=O)[C@@H]1CCCN1C(=O)[C@H](CCCCNC(=O)OCc1ccccc1)NC(=O)[C@@H]1CCCN1C(=O)[C@@H](N)CCCN=C(NC(=O)OCc1ccccc1)NC(=O)OCc1ccccc1. The summed E-state index contributed by atoms with van der Waals surface area (Å²) in [5.74, 6) is -2.18. The first-order valence-corrected chi connectivity index (χ1v) is 22.2. The molecule has 0 saturated carbocycles. The van der Waals surface area contributed by atoms with Crippen molar-refractivity contribution in [2.24, 2.45) is 10.7 Å². The van der Waals surface area contributed by atoms with Crippen LogP contribution in [0.1, 0.15) is 74.5 Å². The van der Waals surface area contributed by atoms with Gasteiger partial charge in [-0.15, -0.1) is 0 Å². The number of nitrogens with one attached hydrogen (secondary N) is 4. The van der Waals surface area contributed by atoms with E-state index in [1.165, 1.54) is 16.9 Å². The van der Waals surface area contributed by atoms with Gasteiger partial charge in [-0.2, -0.15) is 0 Å². The molecule has 2 aliphatic heterocycles. The Balaban J connectivity index is 1.14. The number of alkyl carbamates (subject to hydrolysis) is 3. The number of rotatable bonds is 20. The monoisotopic (exact) mass is 912 g/mol. The lowest BCUT2D eigenvalue weighted by atomic mass is 10.1. The molecule has 354 valence electrons. The van der Waals surface area contributed by atoms with Crippen molar-refractivity contribution in [1.29, 1.82) is 0 Å². The summed E-state index contributed by atoms with van der Waals surface area (Å²) in [7, 11) is 1.26. The predicted molar refractivity (Wildman–Crippen MR) is 241 cm³/mol. The molecule has 2 fully saturated rings. The van der Waals surface area contributed by atoms with Crippen LogP contribution in [-0.2, 0) is 57.9 Å². The number of hydrogen-bond acceptors (Lipinski definition) is 13. The highest BCUT2D eigenvalue weighted by molar-refractivity contribution is 6.01. The Hall–Kier alpha value is -7.02. The second-order valence-corrected chi connectivity index (χ2v) is 15.8. The van der Waals surface area contributed by atoms with Gasteiger partial charge in [0.1, 0.15) is 37.9 Å². The lowest BCUT2D eigenvalue weighted by Gasteiger charge is -2.31. The van der Waals surface area contributed by atoms with Gasteiger partial charge in [0.05, 0.1) is 13.2 Å². The van der Waals surface area contributed by atoms with E-state index >= 15 is 0 Å². The van der Waals surface area contributed by atoms with Gasteiger partial charge in [0.25, 0.3) is 0 Å². The van der Waals surface area contributed by atoms with Crippen molar-refractivity contribution in [2.45, 2.75) is 102 Å². The van der Waals surface area contributed by atoms with E-state index < -0.39 is 66.1 Å². The number of unbranched alkanes of at least 4 members (excludes halogenated alkanes) is 1. The maximum atomic E-state index is 14.0. The summed E-state index contributed by atoms with van der Waals surface area (Å²) in [5, 5.41) is 10.4. The fourth-order valence-electron chi connectivity index (χ4n) is 7.54. The Morgan fingerprint density at radius 1 is 0.652 bits per heavy atom. The van der Waals surface area contributed by atoms with Gasteiger partial charge in [-0.05, 0) is 74.5 Å². The number of esters is 1. The molecule has 2 saturated heterocycles. The summed E-state index contributed by atoms with van der Waals surface area (Å²) in [5.41, 5.74) is 8.74. The van der Waals surface area contributed by atoms with E-state index in [1.807, 2.05) is 42.5 Å². The van der Waals surface area contributed by atoms with Crippen molar-refractivity contribution < 1.29 is 52.5 Å². The number of nitrogens with two attached hydrogens (primary N) is 1. The summed E-state index contributed by atoms with van der Waals surface area (Å²) in [6, 6.07) is 23.6. The van der Waals surface area contributed by atoms with Crippen molar-refractivity contribution in [3.8, 4) is 0 Å². The van der Waals surface area contributed by atoms with E-state index in [4.69, 9.17) is 24.7 Å². The van der Waals surface area contributed by atoms with E-state index in [0.717, 1.165) is 16.7 Å². The first kappa shape index (κ1) is 50.0. The van der Waals surface area contributed by atoms with Crippen molar-refractivity contribution in [3.63, 3.8) is 0 Å². The summed E-state index contributed by atoms with van der Waals surface area (Å²) >= 11 is 0. The Morgan fingerprint density at radius 2 is 1.15 bits per heavy atom. The summed E-state index contributed by atoms with van der Waals surface area (Å²) in [6.45, 7) is 0.966. The van der Waals surface area contributed by atoms with E-state index in [2.05, 4.69) is 26.3 Å². The van der Waals surface area contributed by atoms with E-state index in [9.17, 15) is 33.6 Å². The summed E-state index contributed by atoms with van der Waals surface area (Å²) in [4.78, 5) is 99.0. The third-order valence-electron chi connectivity index (χ3n) is 11.0. The number of benzene rings is 3. The molecule has 3 aromatic carbocycles. The Morgan fingerprint density at radius 3 is 1.68 bits per heavy atom. The number of carbonyl (C=O) groups is 7. The second kappa shape index (κ2) is 26.7. The fraction of sp³-hybridized carbons (Fsp3) is 0.447. The summed E-state index contributed by atoms with van der Waals surface area (Å²) in [6.07, 6.45) is 1.10. The lowest BCUT2D eigenvalue weighted by molar-refractivity contribution is -0.152. The minimum absolute atomic E-state index is 0.0244. The van der Waals surface area contributed by atoms with Crippen LogP contribution in [0.3, 0.4) is 0 Å². The molecule has 6 amide bonds. The topological polar surface area (TPSA) is 249 Å². The van der Waals surface area contributed by atoms with Crippen molar-refractivity contribution in [3.05, 3.63) is 108 Å². The summed E-state index contributed by atoms with van der Waals surface area (Å²) < 4.78 is 20.8. The number of methoxy groups -OCH3 is 1. The van der Waals surface area contributed by atoms with Gasteiger partial charge >= 0.3 is 24.2 Å². The van der Waals surface area contributed by atoms with E-state index in [-0.39, 0.29) is 64.7 Å². The molecule has 0 bridgehead atoms. The zero-order valence-corrected chi connectivity index (χ0v) is 37.2. The fourth-order valence-corrected chi connectivity index (χ4v) is 7.54. The van der Waals surface area contributed by atoms with Crippen LogP contribution in [0.5, 0.6) is 0 Å². The minimum Gasteiger partial charge on any atom is -0.467 e. The number of amides is 6. The first-order chi connectivity index (χ1) is 32.0.